The molecule has 1 unspecified atom stereocenters. The summed E-state index contributed by atoms with van der Waals surface area (Å²) in [5, 5.41) is 10.5. The van der Waals surface area contributed by atoms with Gasteiger partial charge in [0.25, 0.3) is 0 Å². The average Bonchev–Trinajstić information content (AvgIpc) is 3.02. The smallest absolute Gasteiger partial charge is 0.134 e. The third-order valence-corrected chi connectivity index (χ3v) is 4.21. The van der Waals surface area contributed by atoms with Crippen LogP contribution in [0, 0.1) is 0 Å². The summed E-state index contributed by atoms with van der Waals surface area (Å²) in [7, 11) is 1.69. The third-order valence-electron chi connectivity index (χ3n) is 2.95. The van der Waals surface area contributed by atoms with Crippen molar-refractivity contribution in [1.29, 1.82) is 0 Å². The number of ether oxygens (including phenoxy) is 1. The zero-order valence-electron chi connectivity index (χ0n) is 11.3. The fraction of sp³-hybridized carbons (Fsp3) is 0.462. The first-order chi connectivity index (χ1) is 9.22. The first kappa shape index (κ1) is 14.4. The molecular weight excluding hydrogens is 282 g/mol. The zero-order chi connectivity index (χ0) is 13.8. The van der Waals surface area contributed by atoms with Crippen molar-refractivity contribution in [2.24, 2.45) is 0 Å². The maximum atomic E-state index is 6.31. The van der Waals surface area contributed by atoms with Gasteiger partial charge in [0.2, 0.25) is 0 Å². The van der Waals surface area contributed by atoms with Crippen molar-refractivity contribution < 1.29 is 4.74 Å². The molecule has 0 amide bonds. The summed E-state index contributed by atoms with van der Waals surface area (Å²) in [5.74, 6) is 0.885. The predicted octanol–water partition coefficient (Wildman–Crippen LogP) is 3.33. The fourth-order valence-electron chi connectivity index (χ4n) is 2.12. The first-order valence-electron chi connectivity index (χ1n) is 6.28. The summed E-state index contributed by atoms with van der Waals surface area (Å²) in [5.41, 5.74) is 0.992. The van der Waals surface area contributed by atoms with Crippen molar-refractivity contribution in [2.45, 2.75) is 26.4 Å². The molecule has 0 saturated carbocycles. The lowest BCUT2D eigenvalue weighted by Gasteiger charge is -2.19. The molecule has 0 aliphatic heterocycles. The number of hydrogen-bond acceptors (Lipinski definition) is 4. The van der Waals surface area contributed by atoms with Crippen LogP contribution in [0.5, 0.6) is 5.75 Å². The Balaban J connectivity index is 2.48. The highest BCUT2D eigenvalue weighted by atomic mass is 35.5. The Morgan fingerprint density at radius 1 is 1.53 bits per heavy atom. The predicted molar refractivity (Wildman–Crippen MR) is 79.3 cm³/mol. The van der Waals surface area contributed by atoms with E-state index in [9.17, 15) is 0 Å². The van der Waals surface area contributed by atoms with E-state index in [4.69, 9.17) is 16.3 Å². The van der Waals surface area contributed by atoms with E-state index in [-0.39, 0.29) is 6.04 Å². The Bertz CT molecular complexity index is 538. The number of aromatic nitrogens is 2. The lowest BCUT2D eigenvalue weighted by Crippen LogP contribution is -2.24. The Morgan fingerprint density at radius 3 is 2.95 bits per heavy atom. The van der Waals surface area contributed by atoms with Gasteiger partial charge in [-0.3, -0.25) is 4.68 Å². The van der Waals surface area contributed by atoms with Crippen LogP contribution in [0.4, 0.5) is 0 Å². The molecule has 2 aromatic rings. The zero-order valence-corrected chi connectivity index (χ0v) is 12.9. The SMILES string of the molecule is CCNC(c1sccc1OC)c1c(Cl)cnn1CC. The Labute approximate surface area is 122 Å². The molecule has 0 aromatic carbocycles. The summed E-state index contributed by atoms with van der Waals surface area (Å²) in [4.78, 5) is 1.13. The van der Waals surface area contributed by atoms with E-state index in [0.29, 0.717) is 5.02 Å². The van der Waals surface area contributed by atoms with Crippen LogP contribution >= 0.6 is 22.9 Å². The van der Waals surface area contributed by atoms with Crippen LogP contribution in [-0.2, 0) is 6.54 Å². The monoisotopic (exact) mass is 299 g/mol. The molecule has 2 rings (SSSR count). The Hall–Kier alpha value is -1.04. The van der Waals surface area contributed by atoms with Gasteiger partial charge in [-0.1, -0.05) is 18.5 Å². The van der Waals surface area contributed by atoms with Gasteiger partial charge in [0.05, 0.1) is 34.9 Å². The summed E-state index contributed by atoms with van der Waals surface area (Å²) in [6.45, 7) is 5.77. The van der Waals surface area contributed by atoms with Crippen LogP contribution in [0.3, 0.4) is 0 Å². The molecule has 0 saturated heterocycles. The van der Waals surface area contributed by atoms with Gasteiger partial charge < -0.3 is 10.1 Å². The van der Waals surface area contributed by atoms with Crippen molar-refractivity contribution >= 4 is 22.9 Å². The van der Waals surface area contributed by atoms with Crippen LogP contribution in [0.15, 0.2) is 17.6 Å². The molecule has 1 atom stereocenters. The minimum Gasteiger partial charge on any atom is -0.496 e. The molecule has 19 heavy (non-hydrogen) atoms. The molecule has 104 valence electrons. The average molecular weight is 300 g/mol. The van der Waals surface area contributed by atoms with Crippen LogP contribution in [0.2, 0.25) is 5.02 Å². The van der Waals surface area contributed by atoms with Gasteiger partial charge in [-0.05, 0) is 24.9 Å². The summed E-state index contributed by atoms with van der Waals surface area (Å²) < 4.78 is 7.35. The minimum atomic E-state index is 0.00917. The van der Waals surface area contributed by atoms with E-state index in [2.05, 4.69) is 24.3 Å². The van der Waals surface area contributed by atoms with Gasteiger partial charge in [-0.25, -0.2) is 0 Å². The molecule has 2 aromatic heterocycles. The maximum absolute atomic E-state index is 6.31. The van der Waals surface area contributed by atoms with Gasteiger partial charge in [0.1, 0.15) is 5.75 Å². The second kappa shape index (κ2) is 6.41. The standard InChI is InChI=1S/C13H18ClN3OS/c1-4-15-11(13-10(18-3)6-7-19-13)12-9(14)8-16-17(12)5-2/h6-8,11,15H,4-5H2,1-3H3. The number of methoxy groups -OCH3 is 1. The van der Waals surface area contributed by atoms with Gasteiger partial charge >= 0.3 is 0 Å². The van der Waals surface area contributed by atoms with Crippen molar-refractivity contribution in [3.8, 4) is 5.75 Å². The quantitative estimate of drug-likeness (QED) is 0.889. The summed E-state index contributed by atoms with van der Waals surface area (Å²) in [6, 6.07) is 1.99. The van der Waals surface area contributed by atoms with Gasteiger partial charge in [0, 0.05) is 6.54 Å². The molecule has 0 aliphatic carbocycles. The van der Waals surface area contributed by atoms with Crippen molar-refractivity contribution in [2.75, 3.05) is 13.7 Å². The summed E-state index contributed by atoms with van der Waals surface area (Å²) >= 11 is 7.97. The van der Waals surface area contributed by atoms with Gasteiger partial charge in [0.15, 0.2) is 0 Å². The number of halogens is 1. The molecule has 1 N–H and O–H groups in total. The molecule has 0 aliphatic rings. The molecule has 0 bridgehead atoms. The minimum absolute atomic E-state index is 0.00917. The van der Waals surface area contributed by atoms with E-state index in [1.54, 1.807) is 24.6 Å². The van der Waals surface area contributed by atoms with E-state index in [0.717, 1.165) is 29.4 Å². The van der Waals surface area contributed by atoms with Crippen LogP contribution in [-0.4, -0.2) is 23.4 Å². The third kappa shape index (κ3) is 2.78. The van der Waals surface area contributed by atoms with Crippen molar-refractivity contribution in [3.05, 3.63) is 33.2 Å². The Kier molecular flexibility index (Phi) is 4.85. The second-order valence-electron chi connectivity index (χ2n) is 4.04. The number of rotatable bonds is 6. The largest absolute Gasteiger partial charge is 0.496 e. The molecule has 6 heteroatoms. The number of aryl methyl sites for hydroxylation is 1. The molecule has 0 radical (unpaired) electrons. The summed E-state index contributed by atoms with van der Waals surface area (Å²) in [6.07, 6.45) is 1.70. The van der Waals surface area contributed by atoms with E-state index < -0.39 is 0 Å². The topological polar surface area (TPSA) is 39.1 Å². The number of thiophene rings is 1. The fourth-order valence-corrected chi connectivity index (χ4v) is 3.30. The highest BCUT2D eigenvalue weighted by molar-refractivity contribution is 7.10. The van der Waals surface area contributed by atoms with Crippen molar-refractivity contribution in [3.63, 3.8) is 0 Å². The van der Waals surface area contributed by atoms with Crippen molar-refractivity contribution in [1.82, 2.24) is 15.1 Å². The number of nitrogens with one attached hydrogen (secondary N) is 1. The van der Waals surface area contributed by atoms with Crippen LogP contribution in [0.1, 0.15) is 30.5 Å². The molecule has 2 heterocycles. The highest BCUT2D eigenvalue weighted by Gasteiger charge is 2.24. The number of hydrogen-bond donors (Lipinski definition) is 1. The van der Waals surface area contributed by atoms with Gasteiger partial charge in [-0.15, -0.1) is 11.3 Å². The maximum Gasteiger partial charge on any atom is 0.134 e. The lowest BCUT2D eigenvalue weighted by atomic mass is 10.1. The highest BCUT2D eigenvalue weighted by Crippen LogP contribution is 2.37. The van der Waals surface area contributed by atoms with Gasteiger partial charge in [-0.2, -0.15) is 5.10 Å². The first-order valence-corrected chi connectivity index (χ1v) is 7.54. The number of nitrogens with zero attached hydrogens (tertiary/aromatic N) is 2. The molecule has 4 nitrogen and oxygen atoms in total. The van der Waals surface area contributed by atoms with E-state index in [1.807, 2.05) is 16.1 Å². The second-order valence-corrected chi connectivity index (χ2v) is 5.39. The van der Waals surface area contributed by atoms with E-state index in [1.165, 1.54) is 0 Å². The Morgan fingerprint density at radius 2 is 2.32 bits per heavy atom. The molecule has 0 fully saturated rings. The van der Waals surface area contributed by atoms with E-state index >= 15 is 0 Å². The molecule has 0 spiro atoms. The van der Waals surface area contributed by atoms with Crippen LogP contribution in [0.25, 0.3) is 0 Å². The van der Waals surface area contributed by atoms with Crippen LogP contribution < -0.4 is 10.1 Å². The lowest BCUT2D eigenvalue weighted by molar-refractivity contribution is 0.406. The normalized spacial score (nSPS) is 12.6. The molecular formula is C13H18ClN3OS.